The van der Waals surface area contributed by atoms with E-state index >= 15 is 0 Å². The lowest BCUT2D eigenvalue weighted by atomic mass is 10.2. The molecule has 0 spiro atoms. The van der Waals surface area contributed by atoms with Crippen molar-refractivity contribution in [1.82, 2.24) is 0 Å². The number of nitrogens with one attached hydrogen (secondary N) is 1. The number of quaternary nitrogens is 1. The van der Waals surface area contributed by atoms with Gasteiger partial charge in [-0.15, -0.1) is 0 Å². The highest BCUT2D eigenvalue weighted by Crippen LogP contribution is 2.21. The molecule has 18 heavy (non-hydrogen) atoms. The second-order valence-corrected chi connectivity index (χ2v) is 5.47. The van der Waals surface area contributed by atoms with Crippen molar-refractivity contribution in [2.45, 2.75) is 25.9 Å². The molecule has 1 saturated heterocycles. The van der Waals surface area contributed by atoms with Crippen LogP contribution in [0.4, 0.5) is 0 Å². The molecule has 1 atom stereocenters. The highest BCUT2D eigenvalue weighted by molar-refractivity contribution is 6.30. The lowest BCUT2D eigenvalue weighted by Crippen LogP contribution is -3.11. The molecule has 4 heteroatoms. The molecule has 1 heterocycles. The van der Waals surface area contributed by atoms with Crippen molar-refractivity contribution in [3.8, 4) is 5.75 Å². The van der Waals surface area contributed by atoms with E-state index in [2.05, 4.69) is 0 Å². The van der Waals surface area contributed by atoms with E-state index in [1.54, 1.807) is 0 Å². The Balaban J connectivity index is 1.79. The Morgan fingerprint density at radius 1 is 1.39 bits per heavy atom. The van der Waals surface area contributed by atoms with Gasteiger partial charge in [0.1, 0.15) is 25.0 Å². The van der Waals surface area contributed by atoms with Crippen molar-refractivity contribution in [3.63, 3.8) is 0 Å². The first-order valence-electron chi connectivity index (χ1n) is 6.56. The number of likely N-dealkylation sites (tertiary alicyclic amines) is 1. The summed E-state index contributed by atoms with van der Waals surface area (Å²) < 4.78 is 5.64. The summed E-state index contributed by atoms with van der Waals surface area (Å²) in [6.07, 6.45) is 2.16. The molecule has 0 saturated carbocycles. The highest BCUT2D eigenvalue weighted by Gasteiger charge is 2.19. The fourth-order valence-electron chi connectivity index (χ4n) is 2.43. The Morgan fingerprint density at radius 2 is 2.11 bits per heavy atom. The van der Waals surface area contributed by atoms with Crippen molar-refractivity contribution in [2.24, 2.45) is 0 Å². The average molecular weight is 271 g/mol. The van der Waals surface area contributed by atoms with E-state index in [9.17, 15) is 5.11 Å². The third kappa shape index (κ3) is 3.87. The van der Waals surface area contributed by atoms with Gasteiger partial charge in [-0.05, 0) is 30.7 Å². The van der Waals surface area contributed by atoms with Crippen LogP contribution in [0.3, 0.4) is 0 Å². The van der Waals surface area contributed by atoms with Gasteiger partial charge < -0.3 is 14.7 Å². The van der Waals surface area contributed by atoms with Crippen molar-refractivity contribution in [3.05, 3.63) is 28.8 Å². The SMILES string of the molecule is Cc1cc(Cl)ccc1OC[C@@H](O)C[NH+]1CCCC1. The van der Waals surface area contributed by atoms with Crippen LogP contribution in [0.1, 0.15) is 18.4 Å². The molecule has 1 aromatic carbocycles. The van der Waals surface area contributed by atoms with Gasteiger partial charge in [0.15, 0.2) is 0 Å². The first kappa shape index (κ1) is 13.7. The first-order chi connectivity index (χ1) is 8.65. The number of aliphatic hydroxyl groups excluding tert-OH is 1. The summed E-state index contributed by atoms with van der Waals surface area (Å²) in [6, 6.07) is 5.53. The third-order valence-corrected chi connectivity index (χ3v) is 3.64. The minimum atomic E-state index is -0.395. The lowest BCUT2D eigenvalue weighted by Gasteiger charge is -2.18. The van der Waals surface area contributed by atoms with E-state index in [0.717, 1.165) is 17.9 Å². The van der Waals surface area contributed by atoms with Gasteiger partial charge in [-0.2, -0.15) is 0 Å². The number of benzene rings is 1. The maximum Gasteiger partial charge on any atom is 0.137 e. The highest BCUT2D eigenvalue weighted by atomic mass is 35.5. The first-order valence-corrected chi connectivity index (χ1v) is 6.93. The second-order valence-electron chi connectivity index (χ2n) is 5.04. The quantitative estimate of drug-likeness (QED) is 0.839. The van der Waals surface area contributed by atoms with Crippen LogP contribution in [-0.4, -0.2) is 37.5 Å². The molecule has 0 unspecified atom stereocenters. The number of aryl methyl sites for hydroxylation is 1. The van der Waals surface area contributed by atoms with Crippen LogP contribution in [0.25, 0.3) is 0 Å². The maximum atomic E-state index is 9.94. The minimum absolute atomic E-state index is 0.353. The number of aliphatic hydroxyl groups is 1. The Labute approximate surface area is 113 Å². The van der Waals surface area contributed by atoms with Gasteiger partial charge in [0, 0.05) is 17.9 Å². The fraction of sp³-hybridized carbons (Fsp3) is 0.571. The normalized spacial score (nSPS) is 17.9. The van der Waals surface area contributed by atoms with Crippen LogP contribution in [0.2, 0.25) is 5.02 Å². The molecular formula is C14H21ClNO2+. The average Bonchev–Trinajstić information content (AvgIpc) is 2.80. The second kappa shape index (κ2) is 6.41. The van der Waals surface area contributed by atoms with Crippen molar-refractivity contribution < 1.29 is 14.7 Å². The lowest BCUT2D eigenvalue weighted by molar-refractivity contribution is -0.890. The summed E-state index contributed by atoms with van der Waals surface area (Å²) in [5, 5.41) is 10.7. The van der Waals surface area contributed by atoms with Gasteiger partial charge in [0.2, 0.25) is 0 Å². The molecule has 100 valence electrons. The number of hydrogen-bond acceptors (Lipinski definition) is 2. The molecule has 1 fully saturated rings. The van der Waals surface area contributed by atoms with Crippen LogP contribution in [0, 0.1) is 6.92 Å². The summed E-state index contributed by atoms with van der Waals surface area (Å²) in [7, 11) is 0. The zero-order chi connectivity index (χ0) is 13.0. The van der Waals surface area contributed by atoms with Crippen molar-refractivity contribution >= 4 is 11.6 Å². The summed E-state index contributed by atoms with van der Waals surface area (Å²) >= 11 is 5.88. The van der Waals surface area contributed by atoms with Gasteiger partial charge >= 0.3 is 0 Å². The van der Waals surface area contributed by atoms with Gasteiger partial charge in [-0.1, -0.05) is 11.6 Å². The van der Waals surface area contributed by atoms with Crippen molar-refractivity contribution in [2.75, 3.05) is 26.2 Å². The summed E-state index contributed by atoms with van der Waals surface area (Å²) in [5.41, 5.74) is 1.00. The van der Waals surface area contributed by atoms with E-state index in [1.807, 2.05) is 25.1 Å². The predicted octanol–water partition coefficient (Wildman–Crippen LogP) is 1.07. The van der Waals surface area contributed by atoms with E-state index in [-0.39, 0.29) is 0 Å². The smallest absolute Gasteiger partial charge is 0.137 e. The summed E-state index contributed by atoms with van der Waals surface area (Å²) in [5.74, 6) is 0.801. The van der Waals surface area contributed by atoms with Crippen LogP contribution >= 0.6 is 11.6 Å². The molecule has 1 aromatic rings. The Kier molecular flexibility index (Phi) is 4.87. The molecule has 3 nitrogen and oxygen atoms in total. The fourth-order valence-corrected chi connectivity index (χ4v) is 2.66. The number of rotatable bonds is 5. The Morgan fingerprint density at radius 3 is 2.78 bits per heavy atom. The van der Waals surface area contributed by atoms with E-state index in [0.29, 0.717) is 11.6 Å². The summed E-state index contributed by atoms with van der Waals surface area (Å²) in [4.78, 5) is 1.49. The zero-order valence-corrected chi connectivity index (χ0v) is 11.5. The molecule has 2 rings (SSSR count). The maximum absolute atomic E-state index is 9.94. The van der Waals surface area contributed by atoms with E-state index < -0.39 is 6.10 Å². The van der Waals surface area contributed by atoms with Crippen LogP contribution in [-0.2, 0) is 0 Å². The predicted molar refractivity (Wildman–Crippen MR) is 72.5 cm³/mol. The van der Waals surface area contributed by atoms with Gasteiger partial charge in [-0.3, -0.25) is 0 Å². The number of halogens is 1. The van der Waals surface area contributed by atoms with Crippen LogP contribution in [0.5, 0.6) is 5.75 Å². The molecule has 1 aliphatic heterocycles. The van der Waals surface area contributed by atoms with Gasteiger partial charge in [0.05, 0.1) is 13.1 Å². The minimum Gasteiger partial charge on any atom is -0.490 e. The molecule has 0 bridgehead atoms. The van der Waals surface area contributed by atoms with Gasteiger partial charge in [-0.25, -0.2) is 0 Å². The Bertz CT molecular complexity index is 391. The Hall–Kier alpha value is -0.770. The standard InChI is InChI=1S/C14H20ClNO2/c1-11-8-12(15)4-5-14(11)18-10-13(17)9-16-6-2-3-7-16/h4-5,8,13,17H,2-3,6-7,9-10H2,1H3/p+1/t13-/m0/s1. The van der Waals surface area contributed by atoms with Crippen molar-refractivity contribution in [1.29, 1.82) is 0 Å². The molecule has 0 radical (unpaired) electrons. The van der Waals surface area contributed by atoms with Crippen LogP contribution < -0.4 is 9.64 Å². The summed E-state index contributed by atoms with van der Waals surface area (Å²) in [6.45, 7) is 5.45. The number of ether oxygens (including phenoxy) is 1. The topological polar surface area (TPSA) is 33.9 Å². The molecule has 2 N–H and O–H groups in total. The molecule has 0 aromatic heterocycles. The zero-order valence-electron chi connectivity index (χ0n) is 10.8. The molecule has 0 aliphatic carbocycles. The van der Waals surface area contributed by atoms with Crippen LogP contribution in [0.15, 0.2) is 18.2 Å². The monoisotopic (exact) mass is 270 g/mol. The largest absolute Gasteiger partial charge is 0.490 e. The molecule has 0 amide bonds. The third-order valence-electron chi connectivity index (χ3n) is 3.40. The van der Waals surface area contributed by atoms with Gasteiger partial charge in [0.25, 0.3) is 0 Å². The van der Waals surface area contributed by atoms with E-state index in [1.165, 1.54) is 30.8 Å². The molecule has 1 aliphatic rings. The van der Waals surface area contributed by atoms with E-state index in [4.69, 9.17) is 16.3 Å². The number of hydrogen-bond donors (Lipinski definition) is 2. The molecular weight excluding hydrogens is 250 g/mol.